The minimum atomic E-state index is 0.152. The number of rotatable bonds is 3. The van der Waals surface area contributed by atoms with Crippen LogP contribution in [-0.2, 0) is 4.79 Å². The summed E-state index contributed by atoms with van der Waals surface area (Å²) in [6, 6.07) is 0.683. The summed E-state index contributed by atoms with van der Waals surface area (Å²) < 4.78 is 5.35. The number of carbonyl (C=O) groups is 1. The Kier molecular flexibility index (Phi) is 5.20. The predicted octanol–water partition coefficient (Wildman–Crippen LogP) is 1.31. The Labute approximate surface area is 144 Å². The Bertz CT molecular complexity index is 575. The van der Waals surface area contributed by atoms with Crippen molar-refractivity contribution in [2.75, 3.05) is 39.3 Å². The van der Waals surface area contributed by atoms with Gasteiger partial charge in [0, 0.05) is 52.2 Å². The Balaban J connectivity index is 1.62. The summed E-state index contributed by atoms with van der Waals surface area (Å²) in [5, 5.41) is 3.91. The zero-order valence-electron chi connectivity index (χ0n) is 15.2. The average Bonchev–Trinajstić information content (AvgIpc) is 3.04. The molecule has 7 heteroatoms. The number of likely N-dealkylation sites (tertiary alicyclic amines) is 1. The molecule has 0 radical (unpaired) electrons. The summed E-state index contributed by atoms with van der Waals surface area (Å²) in [5.74, 6) is 2.19. The molecule has 24 heavy (non-hydrogen) atoms. The van der Waals surface area contributed by atoms with Gasteiger partial charge in [0.05, 0.1) is 6.04 Å². The van der Waals surface area contributed by atoms with E-state index in [1.807, 2.05) is 11.8 Å². The van der Waals surface area contributed by atoms with Crippen molar-refractivity contribution in [3.8, 4) is 0 Å². The van der Waals surface area contributed by atoms with E-state index in [1.54, 1.807) is 6.92 Å². The molecule has 2 saturated heterocycles. The Hall–Kier alpha value is -1.47. The molecule has 2 aliphatic rings. The van der Waals surface area contributed by atoms with Gasteiger partial charge in [-0.1, -0.05) is 12.1 Å². The van der Waals surface area contributed by atoms with Crippen LogP contribution in [0, 0.1) is 12.8 Å². The number of aromatic nitrogens is 2. The zero-order valence-corrected chi connectivity index (χ0v) is 15.2. The normalized spacial score (nSPS) is 28.1. The minimum Gasteiger partial charge on any atom is -0.342 e. The van der Waals surface area contributed by atoms with E-state index in [4.69, 9.17) is 4.52 Å². The highest BCUT2D eigenvalue weighted by molar-refractivity contribution is 5.73. The van der Waals surface area contributed by atoms with Gasteiger partial charge in [0.1, 0.15) is 0 Å². The fourth-order valence-corrected chi connectivity index (χ4v) is 4.00. The quantitative estimate of drug-likeness (QED) is 0.830. The van der Waals surface area contributed by atoms with Crippen molar-refractivity contribution < 1.29 is 9.32 Å². The summed E-state index contributed by atoms with van der Waals surface area (Å²) in [6.45, 7) is 13.8. The van der Waals surface area contributed by atoms with Crippen LogP contribution in [0.15, 0.2) is 4.52 Å². The molecule has 7 nitrogen and oxygen atoms in total. The van der Waals surface area contributed by atoms with E-state index in [0.29, 0.717) is 23.7 Å². The fraction of sp³-hybridized carbons (Fsp3) is 0.824. The first-order valence-electron chi connectivity index (χ1n) is 8.99. The first kappa shape index (κ1) is 17.4. The van der Waals surface area contributed by atoms with Crippen molar-refractivity contribution in [3.05, 3.63) is 11.7 Å². The lowest BCUT2D eigenvalue weighted by Crippen LogP contribution is -2.43. The Morgan fingerprint density at radius 3 is 2.71 bits per heavy atom. The summed E-state index contributed by atoms with van der Waals surface area (Å²) in [6.07, 6.45) is 1.06. The van der Waals surface area contributed by atoms with Crippen LogP contribution in [0.3, 0.4) is 0 Å². The van der Waals surface area contributed by atoms with Crippen molar-refractivity contribution in [1.29, 1.82) is 0 Å². The van der Waals surface area contributed by atoms with Crippen molar-refractivity contribution in [3.63, 3.8) is 0 Å². The van der Waals surface area contributed by atoms with Gasteiger partial charge < -0.3 is 9.42 Å². The molecule has 0 aliphatic carbocycles. The second kappa shape index (κ2) is 7.19. The number of nitrogens with zero attached hydrogens (tertiary/aromatic N) is 5. The van der Waals surface area contributed by atoms with E-state index in [2.05, 4.69) is 33.8 Å². The molecule has 134 valence electrons. The van der Waals surface area contributed by atoms with Crippen LogP contribution in [0.25, 0.3) is 0 Å². The lowest BCUT2D eigenvalue weighted by molar-refractivity contribution is -0.128. The van der Waals surface area contributed by atoms with Crippen LogP contribution < -0.4 is 0 Å². The van der Waals surface area contributed by atoms with Crippen molar-refractivity contribution in [2.24, 2.45) is 5.92 Å². The summed E-state index contributed by atoms with van der Waals surface area (Å²) in [7, 11) is 0. The van der Waals surface area contributed by atoms with E-state index in [9.17, 15) is 4.79 Å². The Morgan fingerprint density at radius 1 is 1.25 bits per heavy atom. The zero-order chi connectivity index (χ0) is 17.3. The van der Waals surface area contributed by atoms with Gasteiger partial charge in [-0.05, 0) is 26.2 Å². The number of amides is 1. The van der Waals surface area contributed by atoms with Gasteiger partial charge in [-0.25, -0.2) is 0 Å². The fourth-order valence-electron chi connectivity index (χ4n) is 4.00. The molecule has 3 atom stereocenters. The number of aryl methyl sites for hydroxylation is 1. The standard InChI is InChI=1S/C17H29N5O2/c1-12-10-22(13(2)17-18-14(3)19-24-17)11-16(12)21-7-5-6-20(8-9-21)15(4)23/h12-13,16H,5-11H2,1-4H3/t12-,13+,16-/m1/s1. The van der Waals surface area contributed by atoms with E-state index < -0.39 is 0 Å². The predicted molar refractivity (Wildman–Crippen MR) is 90.4 cm³/mol. The minimum absolute atomic E-state index is 0.152. The average molecular weight is 335 g/mol. The third kappa shape index (κ3) is 3.62. The van der Waals surface area contributed by atoms with Gasteiger partial charge in [0.25, 0.3) is 0 Å². The lowest BCUT2D eigenvalue weighted by atomic mass is 10.0. The molecule has 0 bridgehead atoms. The number of hydrogen-bond donors (Lipinski definition) is 0. The molecule has 0 N–H and O–H groups in total. The van der Waals surface area contributed by atoms with Gasteiger partial charge in [-0.15, -0.1) is 0 Å². The van der Waals surface area contributed by atoms with E-state index in [0.717, 1.165) is 45.7 Å². The van der Waals surface area contributed by atoms with Gasteiger partial charge >= 0.3 is 0 Å². The topological polar surface area (TPSA) is 65.7 Å². The molecular formula is C17H29N5O2. The van der Waals surface area contributed by atoms with E-state index in [1.165, 1.54) is 0 Å². The lowest BCUT2D eigenvalue weighted by Gasteiger charge is -2.30. The van der Waals surface area contributed by atoms with Crippen LogP contribution >= 0.6 is 0 Å². The van der Waals surface area contributed by atoms with E-state index in [-0.39, 0.29) is 11.9 Å². The first-order valence-corrected chi connectivity index (χ1v) is 8.99. The molecule has 3 heterocycles. The molecule has 3 rings (SSSR count). The second-order valence-corrected chi connectivity index (χ2v) is 7.25. The molecule has 0 aromatic carbocycles. The molecule has 1 aromatic rings. The second-order valence-electron chi connectivity index (χ2n) is 7.25. The smallest absolute Gasteiger partial charge is 0.243 e. The van der Waals surface area contributed by atoms with Gasteiger partial charge in [-0.3, -0.25) is 14.6 Å². The van der Waals surface area contributed by atoms with Crippen LogP contribution in [0.2, 0.25) is 0 Å². The van der Waals surface area contributed by atoms with Gasteiger partial charge in [-0.2, -0.15) is 4.98 Å². The maximum atomic E-state index is 11.6. The molecule has 2 aliphatic heterocycles. The van der Waals surface area contributed by atoms with Crippen LogP contribution in [-0.4, -0.2) is 76.1 Å². The van der Waals surface area contributed by atoms with Gasteiger partial charge in [0.2, 0.25) is 11.8 Å². The molecule has 0 spiro atoms. The Morgan fingerprint density at radius 2 is 2.04 bits per heavy atom. The number of carbonyl (C=O) groups excluding carboxylic acids is 1. The third-order valence-corrected chi connectivity index (χ3v) is 5.49. The maximum Gasteiger partial charge on any atom is 0.243 e. The third-order valence-electron chi connectivity index (χ3n) is 5.49. The van der Waals surface area contributed by atoms with Crippen molar-refractivity contribution >= 4 is 5.91 Å². The molecule has 0 saturated carbocycles. The molecule has 1 aromatic heterocycles. The largest absolute Gasteiger partial charge is 0.342 e. The SMILES string of the molecule is CC(=O)N1CCCN([C@@H]2CN([C@@H](C)c3nc(C)no3)C[C@H]2C)CC1. The van der Waals surface area contributed by atoms with Crippen LogP contribution in [0.4, 0.5) is 0 Å². The summed E-state index contributed by atoms with van der Waals surface area (Å²) in [4.78, 5) is 23.0. The number of hydrogen-bond acceptors (Lipinski definition) is 6. The molecule has 0 unspecified atom stereocenters. The van der Waals surface area contributed by atoms with Gasteiger partial charge in [0.15, 0.2) is 5.82 Å². The molecular weight excluding hydrogens is 306 g/mol. The van der Waals surface area contributed by atoms with E-state index >= 15 is 0 Å². The summed E-state index contributed by atoms with van der Waals surface area (Å²) >= 11 is 0. The highest BCUT2D eigenvalue weighted by Gasteiger charge is 2.37. The maximum absolute atomic E-state index is 11.6. The monoisotopic (exact) mass is 335 g/mol. The van der Waals surface area contributed by atoms with Crippen molar-refractivity contribution in [1.82, 2.24) is 24.8 Å². The molecule has 1 amide bonds. The highest BCUT2D eigenvalue weighted by Crippen LogP contribution is 2.29. The van der Waals surface area contributed by atoms with Crippen molar-refractivity contribution in [2.45, 2.75) is 46.2 Å². The van der Waals surface area contributed by atoms with Crippen LogP contribution in [0.1, 0.15) is 44.9 Å². The first-order chi connectivity index (χ1) is 11.5. The molecule has 2 fully saturated rings. The van der Waals surface area contributed by atoms with Crippen LogP contribution in [0.5, 0.6) is 0 Å². The highest BCUT2D eigenvalue weighted by atomic mass is 16.5. The summed E-state index contributed by atoms with van der Waals surface area (Å²) in [5.41, 5.74) is 0.